The van der Waals surface area contributed by atoms with Gasteiger partial charge < -0.3 is 70.5 Å². The molecule has 3 fully saturated rings. The second-order valence-electron chi connectivity index (χ2n) is 16.3. The van der Waals surface area contributed by atoms with E-state index in [2.05, 4.69) is 28.2 Å². The van der Waals surface area contributed by atoms with Crippen LogP contribution in [-0.4, -0.2) is 169 Å². The fourth-order valence-electron chi connectivity index (χ4n) is 7.54. The predicted molar refractivity (Wildman–Crippen MR) is 232 cm³/mol. The largest absolute Gasteiger partial charge is 0.394 e. The Kier molecular flexibility index (Phi) is 28.4. The Morgan fingerprint density at radius 2 is 1.48 bits per heavy atom. The highest BCUT2D eigenvalue weighted by atomic mass is 32.2. The number of urea groups is 1. The highest BCUT2D eigenvalue weighted by Gasteiger charge is 2.45. The zero-order valence-electron chi connectivity index (χ0n) is 36.4. The zero-order chi connectivity index (χ0) is 44.1. The van der Waals surface area contributed by atoms with Gasteiger partial charge >= 0.3 is 6.03 Å². The molecule has 9 N–H and O–H groups in total. The van der Waals surface area contributed by atoms with Crippen LogP contribution in [0, 0.1) is 0 Å². The van der Waals surface area contributed by atoms with E-state index in [0.29, 0.717) is 44.6 Å². The summed E-state index contributed by atoms with van der Waals surface area (Å²) < 4.78 is 27.7. The number of aliphatic hydroxyl groups is 5. The molecule has 3 aliphatic heterocycles. The molecule has 61 heavy (non-hydrogen) atoms. The van der Waals surface area contributed by atoms with E-state index in [-0.39, 0.29) is 50.3 Å². The van der Waals surface area contributed by atoms with E-state index in [1.807, 2.05) is 17.8 Å². The maximum Gasteiger partial charge on any atom is 0.315 e. The van der Waals surface area contributed by atoms with Crippen LogP contribution in [0.2, 0.25) is 0 Å². The molecule has 4 amide bonds. The van der Waals surface area contributed by atoms with Crippen molar-refractivity contribution in [2.75, 3.05) is 65.2 Å². The van der Waals surface area contributed by atoms with Crippen LogP contribution in [0.15, 0.2) is 12.2 Å². The van der Waals surface area contributed by atoms with E-state index in [4.69, 9.17) is 23.7 Å². The molecule has 3 heterocycles. The summed E-state index contributed by atoms with van der Waals surface area (Å²) >= 11 is 1.88. The minimum atomic E-state index is -1.62. The summed E-state index contributed by atoms with van der Waals surface area (Å²) in [5, 5.41) is 63.1. The van der Waals surface area contributed by atoms with Gasteiger partial charge in [0.25, 0.3) is 0 Å². The molecule has 10 atom stereocenters. The molecule has 18 heteroatoms. The molecular formula is C43H78N4O13S. The summed E-state index contributed by atoms with van der Waals surface area (Å²) in [5.41, 5.74) is 0. The molecule has 0 aromatic heterocycles. The molecule has 0 spiro atoms. The Hall–Kier alpha value is -2.10. The second kappa shape index (κ2) is 32.5. The van der Waals surface area contributed by atoms with Crippen molar-refractivity contribution in [1.82, 2.24) is 21.3 Å². The molecule has 3 aliphatic rings. The van der Waals surface area contributed by atoms with Gasteiger partial charge in [-0.25, -0.2) is 4.79 Å². The lowest BCUT2D eigenvalue weighted by molar-refractivity contribution is -0.302. The number of fused-ring (bicyclic) bond motifs is 1. The molecular weight excluding hydrogens is 813 g/mol. The van der Waals surface area contributed by atoms with Crippen molar-refractivity contribution in [3.05, 3.63) is 12.2 Å². The van der Waals surface area contributed by atoms with E-state index in [1.165, 1.54) is 57.8 Å². The summed E-state index contributed by atoms with van der Waals surface area (Å²) in [5.74, 6) is 0.523. The Morgan fingerprint density at radius 3 is 2.16 bits per heavy atom. The molecule has 0 unspecified atom stereocenters. The van der Waals surface area contributed by atoms with Gasteiger partial charge in [0.15, 0.2) is 6.29 Å². The van der Waals surface area contributed by atoms with Gasteiger partial charge in [-0.2, -0.15) is 11.8 Å². The third-order valence-corrected chi connectivity index (χ3v) is 12.7. The Labute approximate surface area is 367 Å². The predicted octanol–water partition coefficient (Wildman–Crippen LogP) is 2.19. The van der Waals surface area contributed by atoms with E-state index >= 15 is 0 Å². The topological polar surface area (TPSA) is 247 Å². The number of thioether (sulfide) groups is 1. The Bertz CT molecular complexity index is 1220. The molecule has 0 radical (unpaired) electrons. The van der Waals surface area contributed by atoms with E-state index in [0.717, 1.165) is 44.3 Å². The minimum Gasteiger partial charge on any atom is -0.394 e. The molecule has 0 aromatic carbocycles. The van der Waals surface area contributed by atoms with Gasteiger partial charge in [-0.3, -0.25) is 9.59 Å². The molecule has 3 saturated heterocycles. The number of rotatable bonds is 36. The molecule has 0 bridgehead atoms. The van der Waals surface area contributed by atoms with Crippen LogP contribution in [0.3, 0.4) is 0 Å². The monoisotopic (exact) mass is 891 g/mol. The molecule has 17 nitrogen and oxygen atoms in total. The highest BCUT2D eigenvalue weighted by molar-refractivity contribution is 8.00. The minimum absolute atomic E-state index is 0.00160. The molecule has 0 aromatic rings. The molecule has 354 valence electrons. The van der Waals surface area contributed by atoms with Crippen LogP contribution < -0.4 is 21.3 Å². The summed E-state index contributed by atoms with van der Waals surface area (Å²) in [6.07, 6.45) is 12.6. The van der Waals surface area contributed by atoms with Gasteiger partial charge in [0.1, 0.15) is 24.4 Å². The molecule has 0 aliphatic carbocycles. The number of allylic oxidation sites excluding steroid dienone is 1. The number of aliphatic hydroxyl groups excluding tert-OH is 5. The first kappa shape index (κ1) is 53.2. The standard InChI is InChI=1S/C43H78N4O13S/c1-2-3-4-5-6-7-8-9-10-11-12-13-14-17-33(49)31(29-59-42-41(54)40(53)39(52)34(28-48)60-42)45-37(51)20-22-56-24-26-58-27-25-57-23-21-44-36(50)19-16-15-18-35-38-32(30-61-35)46-43(55)47-38/h14,17,31-35,38-42,48-49,52-54H,2-13,15-16,18-30H2,1H3,(H,44,50)(H,45,51)(H2,46,47,55)/b17-14+/t31-,32-,33+,34+,35-,38-,39+,40-,41+,42+/m0/s1. The van der Waals surface area contributed by atoms with Gasteiger partial charge in [-0.1, -0.05) is 89.7 Å². The van der Waals surface area contributed by atoms with Gasteiger partial charge in [-0.05, 0) is 25.7 Å². The quantitative estimate of drug-likeness (QED) is 0.0249. The number of carbonyl (C=O) groups is 3. The van der Waals surface area contributed by atoms with Crippen molar-refractivity contribution >= 4 is 29.6 Å². The first-order chi connectivity index (χ1) is 29.6. The number of amides is 4. The van der Waals surface area contributed by atoms with Crippen LogP contribution in [0.4, 0.5) is 4.79 Å². The van der Waals surface area contributed by atoms with Crippen LogP contribution in [-0.2, 0) is 33.3 Å². The molecule has 3 rings (SSSR count). The summed E-state index contributed by atoms with van der Waals surface area (Å²) in [6, 6.07) is -0.610. The first-order valence-corrected chi connectivity index (χ1v) is 23.9. The summed E-state index contributed by atoms with van der Waals surface area (Å²) in [7, 11) is 0. The van der Waals surface area contributed by atoms with Crippen LogP contribution in [0.5, 0.6) is 0 Å². The number of hydrogen-bond acceptors (Lipinski definition) is 14. The third kappa shape index (κ3) is 21.9. The van der Waals surface area contributed by atoms with Crippen molar-refractivity contribution in [3.8, 4) is 0 Å². The Morgan fingerprint density at radius 1 is 0.820 bits per heavy atom. The normalized spacial score (nSPS) is 25.9. The Balaban J connectivity index is 1.22. The summed E-state index contributed by atoms with van der Waals surface area (Å²) in [4.78, 5) is 36.5. The second-order valence-corrected chi connectivity index (χ2v) is 17.5. The number of ether oxygens (including phenoxy) is 5. The number of carbonyl (C=O) groups excluding carboxylic acids is 3. The first-order valence-electron chi connectivity index (χ1n) is 22.9. The number of unbranched alkanes of at least 4 members (excludes halogenated alkanes) is 12. The zero-order valence-corrected chi connectivity index (χ0v) is 37.2. The highest BCUT2D eigenvalue weighted by Crippen LogP contribution is 2.33. The van der Waals surface area contributed by atoms with Crippen molar-refractivity contribution in [3.63, 3.8) is 0 Å². The fourth-order valence-corrected chi connectivity index (χ4v) is 9.08. The maximum atomic E-state index is 12.9. The van der Waals surface area contributed by atoms with Crippen molar-refractivity contribution in [2.24, 2.45) is 0 Å². The van der Waals surface area contributed by atoms with Crippen LogP contribution >= 0.6 is 11.8 Å². The average molecular weight is 891 g/mol. The van der Waals surface area contributed by atoms with Crippen LogP contribution in [0.25, 0.3) is 0 Å². The van der Waals surface area contributed by atoms with E-state index in [9.17, 15) is 39.9 Å². The van der Waals surface area contributed by atoms with Crippen molar-refractivity contribution < 1.29 is 63.6 Å². The van der Waals surface area contributed by atoms with Gasteiger partial charge in [0.2, 0.25) is 11.8 Å². The van der Waals surface area contributed by atoms with Gasteiger partial charge in [-0.15, -0.1) is 0 Å². The van der Waals surface area contributed by atoms with E-state index in [1.54, 1.807) is 6.08 Å². The lowest BCUT2D eigenvalue weighted by atomic mass is 9.99. The fraction of sp³-hybridized carbons (Fsp3) is 0.884. The average Bonchev–Trinajstić information content (AvgIpc) is 3.81. The van der Waals surface area contributed by atoms with Crippen molar-refractivity contribution in [2.45, 2.75) is 176 Å². The lowest BCUT2D eigenvalue weighted by Crippen LogP contribution is -2.60. The van der Waals surface area contributed by atoms with Gasteiger partial charge in [0.05, 0.1) is 77.1 Å². The smallest absolute Gasteiger partial charge is 0.315 e. The molecule has 0 saturated carbocycles. The van der Waals surface area contributed by atoms with E-state index < -0.39 is 55.4 Å². The third-order valence-electron chi connectivity index (χ3n) is 11.2. The number of nitrogens with one attached hydrogen (secondary N) is 4. The SMILES string of the molecule is CCCCCCCCCCCCC/C=C/[C@@H](O)[C@H](CO[C@@H]1O[C@H](CO)[C@@H](O)[C@H](O)[C@H]1O)NC(=O)CCOCCOCCOCCNC(=O)CCCC[C@@H]1SC[C@@H]2NC(=O)N[C@@H]21. The van der Waals surface area contributed by atoms with Crippen LogP contribution in [0.1, 0.15) is 116 Å². The van der Waals surface area contributed by atoms with Gasteiger partial charge in [0, 0.05) is 30.4 Å². The summed E-state index contributed by atoms with van der Waals surface area (Å²) in [6.45, 7) is 3.47. The number of hydrogen-bond donors (Lipinski definition) is 9. The lowest BCUT2D eigenvalue weighted by Gasteiger charge is -2.40. The van der Waals surface area contributed by atoms with Crippen molar-refractivity contribution in [1.29, 1.82) is 0 Å². The maximum absolute atomic E-state index is 12.9.